The molecule has 2 bridgehead atoms. The van der Waals surface area contributed by atoms with Gasteiger partial charge in [0.1, 0.15) is 36.9 Å². The molecule has 0 heterocycles. The molecule has 2 aliphatic rings. The first-order chi connectivity index (χ1) is 17.9. The fraction of sp³-hybridized carbons (Fsp3) is 0.484. The van der Waals surface area contributed by atoms with Crippen LogP contribution in [0.15, 0.2) is 43.5 Å². The molecule has 1 saturated carbocycles. The number of hydrogen-bond donors (Lipinski definition) is 0. The summed E-state index contributed by atoms with van der Waals surface area (Å²) in [6.07, 6.45) is 7.20. The van der Waals surface area contributed by atoms with Crippen LogP contribution in [0.1, 0.15) is 81.4 Å². The molecular weight excluding hydrogens is 468 g/mol. The van der Waals surface area contributed by atoms with Crippen LogP contribution in [0.4, 0.5) is 0 Å². The Balaban J connectivity index is 1.75. The number of esters is 2. The van der Waals surface area contributed by atoms with Crippen molar-refractivity contribution >= 4 is 22.7 Å². The van der Waals surface area contributed by atoms with Gasteiger partial charge in [-0.05, 0) is 62.0 Å². The minimum atomic E-state index is -0.441. The van der Waals surface area contributed by atoms with Gasteiger partial charge in [-0.3, -0.25) is 0 Å². The summed E-state index contributed by atoms with van der Waals surface area (Å²) < 4.78 is 24.0. The maximum atomic E-state index is 11.8. The molecule has 4 rings (SSSR count). The van der Waals surface area contributed by atoms with Crippen molar-refractivity contribution in [2.45, 2.75) is 83.3 Å². The molecule has 37 heavy (non-hydrogen) atoms. The fourth-order valence-corrected chi connectivity index (χ4v) is 5.61. The number of carbonyl (C=O) groups excluding carboxylic acids is 2. The van der Waals surface area contributed by atoms with Gasteiger partial charge in [-0.25, -0.2) is 9.59 Å². The number of hydrogen-bond acceptors (Lipinski definition) is 6. The normalized spacial score (nSPS) is 19.1. The maximum Gasteiger partial charge on any atom is 0.330 e. The lowest BCUT2D eigenvalue weighted by Gasteiger charge is -2.27. The quantitative estimate of drug-likeness (QED) is 0.227. The number of carbonyl (C=O) groups is 2. The van der Waals surface area contributed by atoms with Crippen LogP contribution in [-0.2, 0) is 25.5 Å². The second-order valence-electron chi connectivity index (χ2n) is 9.89. The molecule has 4 atom stereocenters. The van der Waals surface area contributed by atoms with E-state index in [1.54, 1.807) is 0 Å². The van der Waals surface area contributed by atoms with Crippen molar-refractivity contribution in [3.8, 4) is 11.5 Å². The Morgan fingerprint density at radius 3 is 1.84 bits per heavy atom. The first kappa shape index (κ1) is 26.8. The minimum absolute atomic E-state index is 0.278. The molecular formula is C31H38O6. The van der Waals surface area contributed by atoms with Gasteiger partial charge in [0.2, 0.25) is 0 Å². The monoisotopic (exact) mass is 506 g/mol. The Kier molecular flexibility index (Phi) is 8.57. The van der Waals surface area contributed by atoms with Crippen LogP contribution in [0.2, 0.25) is 0 Å². The molecule has 0 amide bonds. The molecule has 0 aromatic heterocycles. The first-order valence-electron chi connectivity index (χ1n) is 13.5. The van der Waals surface area contributed by atoms with E-state index < -0.39 is 11.9 Å². The Bertz CT molecular complexity index is 1180. The zero-order chi connectivity index (χ0) is 26.5. The number of benzene rings is 2. The average Bonchev–Trinajstić information content (AvgIpc) is 3.55. The van der Waals surface area contributed by atoms with Gasteiger partial charge >= 0.3 is 11.9 Å². The van der Waals surface area contributed by atoms with Crippen molar-refractivity contribution in [1.82, 2.24) is 0 Å². The Labute approximate surface area is 219 Å². The Morgan fingerprint density at radius 1 is 0.865 bits per heavy atom. The first-order valence-corrected chi connectivity index (χ1v) is 13.5. The molecule has 0 N–H and O–H groups in total. The maximum absolute atomic E-state index is 11.8. The zero-order valence-corrected chi connectivity index (χ0v) is 22.2. The van der Waals surface area contributed by atoms with Crippen LogP contribution in [-0.4, -0.2) is 37.4 Å². The van der Waals surface area contributed by atoms with E-state index >= 15 is 0 Å². The van der Waals surface area contributed by atoms with Crippen molar-refractivity contribution in [3.63, 3.8) is 0 Å². The summed E-state index contributed by atoms with van der Waals surface area (Å²) in [7, 11) is 0. The van der Waals surface area contributed by atoms with Gasteiger partial charge in [-0.15, -0.1) is 0 Å². The smallest absolute Gasteiger partial charge is 0.330 e. The molecule has 0 spiro atoms. The fourth-order valence-electron chi connectivity index (χ4n) is 5.61. The van der Waals surface area contributed by atoms with Crippen molar-refractivity contribution in [2.24, 2.45) is 0 Å². The van der Waals surface area contributed by atoms with Crippen LogP contribution < -0.4 is 9.47 Å². The van der Waals surface area contributed by atoms with Crippen LogP contribution in [0.5, 0.6) is 11.5 Å². The highest BCUT2D eigenvalue weighted by Crippen LogP contribution is 2.61. The van der Waals surface area contributed by atoms with Crippen LogP contribution >= 0.6 is 0 Å². The van der Waals surface area contributed by atoms with Gasteiger partial charge < -0.3 is 18.9 Å². The van der Waals surface area contributed by atoms with Crippen LogP contribution in [0.25, 0.3) is 10.8 Å². The Hall–Kier alpha value is -3.28. The van der Waals surface area contributed by atoms with E-state index in [0.717, 1.165) is 48.0 Å². The van der Waals surface area contributed by atoms with E-state index in [0.29, 0.717) is 24.7 Å². The SMILES string of the molecule is C=CC(=O)OC(CC)COc1c2c(c(OCC(CC)OC(=O)C=C)c3cc(CC)ccc13)C1CCC2C1. The second-order valence-corrected chi connectivity index (χ2v) is 9.89. The summed E-state index contributed by atoms with van der Waals surface area (Å²) in [6, 6.07) is 6.44. The lowest BCUT2D eigenvalue weighted by Crippen LogP contribution is -2.25. The van der Waals surface area contributed by atoms with E-state index in [1.165, 1.54) is 28.8 Å². The Morgan fingerprint density at radius 2 is 1.38 bits per heavy atom. The second kappa shape index (κ2) is 11.8. The lowest BCUT2D eigenvalue weighted by atomic mass is 9.86. The summed E-state index contributed by atoms with van der Waals surface area (Å²) in [5.74, 6) is 1.73. The number of ether oxygens (including phenoxy) is 4. The van der Waals surface area contributed by atoms with E-state index in [-0.39, 0.29) is 25.4 Å². The third kappa shape index (κ3) is 5.53. The molecule has 4 unspecified atom stereocenters. The van der Waals surface area contributed by atoms with Gasteiger partial charge in [0, 0.05) is 34.1 Å². The summed E-state index contributed by atoms with van der Waals surface area (Å²) in [5.41, 5.74) is 3.67. The van der Waals surface area contributed by atoms with Crippen molar-refractivity contribution in [3.05, 3.63) is 60.2 Å². The van der Waals surface area contributed by atoms with E-state index in [1.807, 2.05) is 13.8 Å². The highest BCUT2D eigenvalue weighted by Gasteiger charge is 2.43. The van der Waals surface area contributed by atoms with Gasteiger partial charge in [-0.1, -0.05) is 46.1 Å². The molecule has 0 saturated heterocycles. The lowest BCUT2D eigenvalue weighted by molar-refractivity contribution is -0.145. The highest BCUT2D eigenvalue weighted by atomic mass is 16.6. The molecule has 6 nitrogen and oxygen atoms in total. The largest absolute Gasteiger partial charge is 0.489 e. The molecule has 2 aliphatic carbocycles. The molecule has 0 radical (unpaired) electrons. The third-order valence-electron chi connectivity index (χ3n) is 7.65. The summed E-state index contributed by atoms with van der Waals surface area (Å²) in [4.78, 5) is 23.6. The predicted molar refractivity (Wildman–Crippen MR) is 144 cm³/mol. The van der Waals surface area contributed by atoms with Crippen molar-refractivity contribution < 1.29 is 28.5 Å². The molecule has 2 aromatic carbocycles. The predicted octanol–water partition coefficient (Wildman–Crippen LogP) is 6.54. The van der Waals surface area contributed by atoms with Gasteiger partial charge in [-0.2, -0.15) is 0 Å². The summed E-state index contributed by atoms with van der Waals surface area (Å²) in [5, 5.41) is 2.02. The van der Waals surface area contributed by atoms with Gasteiger partial charge in [0.25, 0.3) is 0 Å². The number of aryl methyl sites for hydroxylation is 1. The molecule has 198 valence electrons. The van der Waals surface area contributed by atoms with Gasteiger partial charge in [0.15, 0.2) is 0 Å². The molecule has 6 heteroatoms. The standard InChI is InChI=1S/C31H38O6/c1-6-19-11-14-24-25(15-19)31(35-18-23(8-3)37-27(33)10-5)29-21-13-12-20(16-21)28(29)30(24)34-17-22(7-2)36-26(32)9-4/h9-11,14-15,20-23H,4-8,12-13,16-18H2,1-3H3. The third-order valence-corrected chi connectivity index (χ3v) is 7.65. The molecule has 2 aromatic rings. The minimum Gasteiger partial charge on any atom is -0.489 e. The average molecular weight is 507 g/mol. The topological polar surface area (TPSA) is 71.1 Å². The highest BCUT2D eigenvalue weighted by molar-refractivity contribution is 5.97. The van der Waals surface area contributed by atoms with Crippen molar-refractivity contribution in [2.75, 3.05) is 13.2 Å². The summed E-state index contributed by atoms with van der Waals surface area (Å²) >= 11 is 0. The molecule has 0 aliphatic heterocycles. The molecule has 1 fully saturated rings. The number of rotatable bonds is 13. The van der Waals surface area contributed by atoms with Crippen molar-refractivity contribution in [1.29, 1.82) is 0 Å². The number of fused-ring (bicyclic) bond motifs is 6. The van der Waals surface area contributed by atoms with E-state index in [4.69, 9.17) is 18.9 Å². The van der Waals surface area contributed by atoms with Crippen LogP contribution in [0, 0.1) is 0 Å². The summed E-state index contributed by atoms with van der Waals surface area (Å²) in [6.45, 7) is 13.6. The zero-order valence-electron chi connectivity index (χ0n) is 22.2. The van der Waals surface area contributed by atoms with E-state index in [2.05, 4.69) is 38.3 Å². The van der Waals surface area contributed by atoms with Crippen LogP contribution in [0.3, 0.4) is 0 Å². The van der Waals surface area contributed by atoms with Gasteiger partial charge in [0.05, 0.1) is 0 Å². The van der Waals surface area contributed by atoms with E-state index in [9.17, 15) is 9.59 Å².